The first-order valence-electron chi connectivity index (χ1n) is 9.90. The second-order valence-electron chi connectivity index (χ2n) is 7.12. The minimum atomic E-state index is -3.95. The number of carbonyl (C=O) groups is 1. The minimum absolute atomic E-state index is 0.0680. The SMILES string of the molecule is CS(=O)(=O)O[C@@H](COC(=O)c1ccc([N+](=O)[O-])cc1)[C@H](Oc1ccccc1I)c1ccccc1. The van der Waals surface area contributed by atoms with Gasteiger partial charge in [0.15, 0.2) is 12.2 Å². The van der Waals surface area contributed by atoms with Gasteiger partial charge in [0.05, 0.1) is 20.3 Å². The van der Waals surface area contributed by atoms with E-state index in [9.17, 15) is 23.3 Å². The zero-order valence-corrected chi connectivity index (χ0v) is 20.8. The Kier molecular flexibility index (Phi) is 8.58. The van der Waals surface area contributed by atoms with E-state index in [0.29, 0.717) is 11.3 Å². The second-order valence-corrected chi connectivity index (χ2v) is 9.88. The number of nitro groups is 1. The first-order chi connectivity index (χ1) is 16.1. The van der Waals surface area contributed by atoms with Crippen LogP contribution in [0.4, 0.5) is 5.69 Å². The summed E-state index contributed by atoms with van der Waals surface area (Å²) in [5.74, 6) is -0.293. The lowest BCUT2D eigenvalue weighted by molar-refractivity contribution is -0.384. The highest BCUT2D eigenvalue weighted by Crippen LogP contribution is 2.31. The highest BCUT2D eigenvalue weighted by Gasteiger charge is 2.31. The number of benzene rings is 3. The van der Waals surface area contributed by atoms with Crippen molar-refractivity contribution in [2.45, 2.75) is 12.2 Å². The molecule has 0 aliphatic heterocycles. The van der Waals surface area contributed by atoms with Gasteiger partial charge in [-0.25, -0.2) is 4.79 Å². The Morgan fingerprint density at radius 1 is 1.00 bits per heavy atom. The van der Waals surface area contributed by atoms with Crippen molar-refractivity contribution in [2.24, 2.45) is 0 Å². The van der Waals surface area contributed by atoms with Crippen molar-refractivity contribution < 1.29 is 31.8 Å². The van der Waals surface area contributed by atoms with Crippen molar-refractivity contribution in [2.75, 3.05) is 12.9 Å². The van der Waals surface area contributed by atoms with E-state index in [1.54, 1.807) is 42.5 Å². The van der Waals surface area contributed by atoms with Gasteiger partial charge in [0.1, 0.15) is 12.4 Å². The summed E-state index contributed by atoms with van der Waals surface area (Å²) in [7, 11) is -3.95. The van der Waals surface area contributed by atoms with Crippen molar-refractivity contribution in [3.63, 3.8) is 0 Å². The van der Waals surface area contributed by atoms with Crippen LogP contribution in [0.5, 0.6) is 5.75 Å². The lowest BCUT2D eigenvalue weighted by Gasteiger charge is -2.27. The summed E-state index contributed by atoms with van der Waals surface area (Å²) in [6, 6.07) is 20.9. The number of carbonyl (C=O) groups excluding carboxylic acids is 1. The van der Waals surface area contributed by atoms with E-state index in [4.69, 9.17) is 13.7 Å². The van der Waals surface area contributed by atoms with E-state index in [-0.39, 0.29) is 11.3 Å². The number of halogens is 1. The summed E-state index contributed by atoms with van der Waals surface area (Å²) in [5, 5.41) is 10.8. The third-order valence-corrected chi connectivity index (χ3v) is 6.04. The third kappa shape index (κ3) is 7.23. The molecule has 3 aromatic rings. The van der Waals surface area contributed by atoms with Gasteiger partial charge in [0.25, 0.3) is 15.8 Å². The Labute approximate surface area is 210 Å². The molecule has 0 heterocycles. The first-order valence-corrected chi connectivity index (χ1v) is 12.8. The van der Waals surface area contributed by atoms with E-state index in [1.807, 2.05) is 12.1 Å². The molecule has 0 spiro atoms. The second kappa shape index (κ2) is 11.4. The minimum Gasteiger partial charge on any atom is -0.482 e. The van der Waals surface area contributed by atoms with Crippen LogP contribution in [0.15, 0.2) is 78.9 Å². The zero-order valence-electron chi connectivity index (χ0n) is 17.9. The Morgan fingerprint density at radius 3 is 2.21 bits per heavy atom. The molecule has 3 aromatic carbocycles. The maximum absolute atomic E-state index is 12.5. The fourth-order valence-electron chi connectivity index (χ4n) is 3.03. The van der Waals surface area contributed by atoms with Crippen LogP contribution >= 0.6 is 22.6 Å². The molecule has 178 valence electrons. The lowest BCUT2D eigenvalue weighted by Crippen LogP contribution is -2.34. The van der Waals surface area contributed by atoms with Crippen molar-refractivity contribution in [1.82, 2.24) is 0 Å². The van der Waals surface area contributed by atoms with Crippen LogP contribution in [0.3, 0.4) is 0 Å². The van der Waals surface area contributed by atoms with Gasteiger partial charge in [-0.2, -0.15) is 8.42 Å². The number of nitrogens with zero attached hydrogens (tertiary/aromatic N) is 1. The molecule has 0 aliphatic carbocycles. The van der Waals surface area contributed by atoms with Crippen molar-refractivity contribution >= 4 is 44.4 Å². The predicted molar refractivity (Wildman–Crippen MR) is 132 cm³/mol. The van der Waals surface area contributed by atoms with Crippen LogP contribution in [0.2, 0.25) is 0 Å². The number of nitro benzene ring substituents is 1. The average Bonchev–Trinajstić information content (AvgIpc) is 2.81. The molecular formula is C23H20INO8S. The molecule has 0 fully saturated rings. The summed E-state index contributed by atoms with van der Waals surface area (Å²) in [4.78, 5) is 22.8. The van der Waals surface area contributed by atoms with E-state index in [1.165, 1.54) is 24.3 Å². The molecule has 0 N–H and O–H groups in total. The van der Waals surface area contributed by atoms with Crippen LogP contribution in [-0.2, 0) is 19.0 Å². The van der Waals surface area contributed by atoms with Gasteiger partial charge < -0.3 is 9.47 Å². The molecule has 0 unspecified atom stereocenters. The van der Waals surface area contributed by atoms with Crippen LogP contribution in [0.25, 0.3) is 0 Å². The number of esters is 1. The number of hydrogen-bond acceptors (Lipinski definition) is 8. The van der Waals surface area contributed by atoms with Crippen molar-refractivity contribution in [3.8, 4) is 5.75 Å². The summed E-state index contributed by atoms with van der Waals surface area (Å²) < 4.78 is 41.6. The van der Waals surface area contributed by atoms with Crippen LogP contribution in [0, 0.1) is 13.7 Å². The van der Waals surface area contributed by atoms with Gasteiger partial charge in [0, 0.05) is 12.1 Å². The van der Waals surface area contributed by atoms with Crippen LogP contribution < -0.4 is 4.74 Å². The first kappa shape index (κ1) is 25.6. The molecule has 0 radical (unpaired) electrons. The Bertz CT molecular complexity index is 1250. The molecule has 0 aliphatic rings. The molecule has 9 nitrogen and oxygen atoms in total. The summed E-state index contributed by atoms with van der Waals surface area (Å²) >= 11 is 2.09. The zero-order chi connectivity index (χ0) is 24.7. The van der Waals surface area contributed by atoms with Crippen LogP contribution in [0.1, 0.15) is 22.0 Å². The van der Waals surface area contributed by atoms with Crippen molar-refractivity contribution in [3.05, 3.63) is 104 Å². The van der Waals surface area contributed by atoms with Gasteiger partial charge in [-0.05, 0) is 52.4 Å². The molecule has 34 heavy (non-hydrogen) atoms. The Hall–Kier alpha value is -3.03. The van der Waals surface area contributed by atoms with E-state index < -0.39 is 39.8 Å². The van der Waals surface area contributed by atoms with Crippen LogP contribution in [-0.4, -0.2) is 38.3 Å². The standard InChI is InChI=1S/C23H20INO8S/c1-34(29,30)33-21(15-31-23(26)17-11-13-18(14-12-17)25(27)28)22(16-7-3-2-4-8-16)32-20-10-6-5-9-19(20)24/h2-14,21-22H,15H2,1H3/t21-,22+/m0/s1. The van der Waals surface area contributed by atoms with Gasteiger partial charge in [-0.3, -0.25) is 14.3 Å². The highest BCUT2D eigenvalue weighted by molar-refractivity contribution is 14.1. The fraction of sp³-hybridized carbons (Fsp3) is 0.174. The monoisotopic (exact) mass is 597 g/mol. The van der Waals surface area contributed by atoms with Crippen molar-refractivity contribution in [1.29, 1.82) is 0 Å². The number of non-ortho nitro benzene ring substituents is 1. The van der Waals surface area contributed by atoms with Gasteiger partial charge in [-0.15, -0.1) is 0 Å². The summed E-state index contributed by atoms with van der Waals surface area (Å²) in [5.41, 5.74) is 0.505. The van der Waals surface area contributed by atoms with E-state index in [2.05, 4.69) is 22.6 Å². The average molecular weight is 597 g/mol. The Morgan fingerprint density at radius 2 is 1.62 bits per heavy atom. The van der Waals surface area contributed by atoms with E-state index in [0.717, 1.165) is 9.83 Å². The Balaban J connectivity index is 1.88. The summed E-state index contributed by atoms with van der Waals surface area (Å²) in [6.07, 6.45) is -1.25. The normalized spacial score (nSPS) is 13.0. The quantitative estimate of drug-likeness (QED) is 0.110. The third-order valence-electron chi connectivity index (χ3n) is 4.55. The molecule has 0 bridgehead atoms. The smallest absolute Gasteiger partial charge is 0.338 e. The maximum Gasteiger partial charge on any atom is 0.338 e. The lowest BCUT2D eigenvalue weighted by atomic mass is 10.0. The predicted octanol–water partition coefficient (Wildman–Crippen LogP) is 4.52. The molecule has 3 rings (SSSR count). The molecule has 2 atom stereocenters. The molecule has 0 aromatic heterocycles. The van der Waals surface area contributed by atoms with Gasteiger partial charge in [0.2, 0.25) is 0 Å². The van der Waals surface area contributed by atoms with Gasteiger partial charge >= 0.3 is 5.97 Å². The summed E-state index contributed by atoms with van der Waals surface area (Å²) in [6.45, 7) is -0.453. The fourth-order valence-corrected chi connectivity index (χ4v) is 4.15. The van der Waals surface area contributed by atoms with Gasteiger partial charge in [-0.1, -0.05) is 42.5 Å². The number of rotatable bonds is 10. The maximum atomic E-state index is 12.5. The molecular weight excluding hydrogens is 577 g/mol. The number of para-hydroxylation sites is 1. The molecule has 0 saturated heterocycles. The highest BCUT2D eigenvalue weighted by atomic mass is 127. The molecule has 11 heteroatoms. The van der Waals surface area contributed by atoms with E-state index >= 15 is 0 Å². The molecule has 0 amide bonds. The number of ether oxygens (including phenoxy) is 2. The molecule has 0 saturated carbocycles. The largest absolute Gasteiger partial charge is 0.482 e. The number of hydrogen-bond donors (Lipinski definition) is 0. The topological polar surface area (TPSA) is 122 Å².